The van der Waals surface area contributed by atoms with Gasteiger partial charge in [0.05, 0.1) is 0 Å². The van der Waals surface area contributed by atoms with Crippen LogP contribution in [-0.2, 0) is 0 Å². The molecule has 0 aromatic heterocycles. The first-order chi connectivity index (χ1) is 10.2. The number of nitrogens with zero attached hydrogens (tertiary/aromatic N) is 1. The van der Waals surface area contributed by atoms with Gasteiger partial charge in [-0.15, -0.1) is 0 Å². The third-order valence-electron chi connectivity index (χ3n) is 5.47. The minimum atomic E-state index is 0.565. The average Bonchev–Trinajstić information content (AvgIpc) is 2.82. The number of hydrogen-bond acceptors (Lipinski definition) is 2. The molecule has 0 aromatic carbocycles. The molecule has 0 aromatic rings. The Bertz CT molecular complexity index is 259. The van der Waals surface area contributed by atoms with E-state index in [0.717, 1.165) is 5.92 Å². The second-order valence-corrected chi connectivity index (χ2v) is 8.13. The summed E-state index contributed by atoms with van der Waals surface area (Å²) in [7, 11) is 0. The average molecular weight is 295 g/mol. The molecule has 0 atom stereocenters. The molecule has 1 saturated heterocycles. The lowest BCUT2D eigenvalue weighted by molar-refractivity contribution is 0.128. The van der Waals surface area contributed by atoms with Gasteiger partial charge in [0.25, 0.3) is 0 Å². The Hall–Kier alpha value is -0.0800. The summed E-state index contributed by atoms with van der Waals surface area (Å²) in [6.07, 6.45) is 14.5. The van der Waals surface area contributed by atoms with Gasteiger partial charge < -0.3 is 10.2 Å². The van der Waals surface area contributed by atoms with Crippen molar-refractivity contribution in [1.82, 2.24) is 10.2 Å². The fraction of sp³-hybridized carbons (Fsp3) is 1.00. The second-order valence-electron chi connectivity index (χ2n) is 8.13. The van der Waals surface area contributed by atoms with Crippen LogP contribution in [0.5, 0.6) is 0 Å². The molecule has 1 N–H and O–H groups in total. The van der Waals surface area contributed by atoms with E-state index in [-0.39, 0.29) is 0 Å². The number of rotatable bonds is 6. The molecule has 0 bridgehead atoms. The standard InChI is InChI=1S/C19H38N2/c1-18(2)15-20-16-19(11-7-3-4-8-12-19)17-21-13-9-5-6-10-14-21/h18,20H,3-17H2,1-2H3. The highest BCUT2D eigenvalue weighted by atomic mass is 15.1. The van der Waals surface area contributed by atoms with Gasteiger partial charge >= 0.3 is 0 Å². The SMILES string of the molecule is CC(C)CNCC1(CN2CCCCCC2)CCCCCC1. The lowest BCUT2D eigenvalue weighted by Gasteiger charge is -2.38. The van der Waals surface area contributed by atoms with Crippen LogP contribution < -0.4 is 5.32 Å². The van der Waals surface area contributed by atoms with Crippen molar-refractivity contribution in [2.24, 2.45) is 11.3 Å². The van der Waals surface area contributed by atoms with Crippen LogP contribution in [0.2, 0.25) is 0 Å². The number of likely N-dealkylation sites (tertiary alicyclic amines) is 1. The van der Waals surface area contributed by atoms with Crippen LogP contribution in [0.1, 0.15) is 78.1 Å². The molecule has 1 heterocycles. The maximum atomic E-state index is 3.80. The van der Waals surface area contributed by atoms with Gasteiger partial charge in [0.1, 0.15) is 0 Å². The highest BCUT2D eigenvalue weighted by Gasteiger charge is 2.32. The van der Waals surface area contributed by atoms with Crippen molar-refractivity contribution in [3.8, 4) is 0 Å². The summed E-state index contributed by atoms with van der Waals surface area (Å²) in [5.41, 5.74) is 0.565. The van der Waals surface area contributed by atoms with Crippen molar-refractivity contribution < 1.29 is 0 Å². The molecule has 124 valence electrons. The van der Waals surface area contributed by atoms with Crippen molar-refractivity contribution in [3.05, 3.63) is 0 Å². The van der Waals surface area contributed by atoms with Crippen LogP contribution in [0, 0.1) is 11.3 Å². The molecule has 2 aliphatic rings. The molecular formula is C19H38N2. The van der Waals surface area contributed by atoms with Crippen LogP contribution in [-0.4, -0.2) is 37.6 Å². The van der Waals surface area contributed by atoms with Gasteiger partial charge in [0.2, 0.25) is 0 Å². The Morgan fingerprint density at radius 2 is 1.43 bits per heavy atom. The molecule has 0 amide bonds. The molecule has 1 saturated carbocycles. The molecule has 21 heavy (non-hydrogen) atoms. The predicted octanol–water partition coefficient (Wildman–Crippen LogP) is 4.45. The maximum Gasteiger partial charge on any atom is 0.00501 e. The molecule has 0 unspecified atom stereocenters. The molecule has 2 fully saturated rings. The highest BCUT2D eigenvalue weighted by Crippen LogP contribution is 2.36. The lowest BCUT2D eigenvalue weighted by Crippen LogP contribution is -2.45. The quantitative estimate of drug-likeness (QED) is 0.728. The van der Waals surface area contributed by atoms with Crippen molar-refractivity contribution in [2.45, 2.75) is 78.1 Å². The third-order valence-corrected chi connectivity index (χ3v) is 5.47. The van der Waals surface area contributed by atoms with E-state index in [1.54, 1.807) is 0 Å². The first-order valence-electron chi connectivity index (χ1n) is 9.63. The summed E-state index contributed by atoms with van der Waals surface area (Å²) in [4.78, 5) is 2.80. The van der Waals surface area contributed by atoms with E-state index in [2.05, 4.69) is 24.1 Å². The Balaban J connectivity index is 1.92. The van der Waals surface area contributed by atoms with Crippen molar-refractivity contribution >= 4 is 0 Å². The Morgan fingerprint density at radius 1 is 0.857 bits per heavy atom. The highest BCUT2D eigenvalue weighted by molar-refractivity contribution is 4.87. The fourth-order valence-electron chi connectivity index (χ4n) is 4.26. The smallest absolute Gasteiger partial charge is 0.00501 e. The lowest BCUT2D eigenvalue weighted by atomic mass is 9.79. The second kappa shape index (κ2) is 9.15. The van der Waals surface area contributed by atoms with Gasteiger partial charge in [0.15, 0.2) is 0 Å². The van der Waals surface area contributed by atoms with E-state index in [1.807, 2.05) is 0 Å². The molecule has 0 radical (unpaired) electrons. The number of nitrogens with one attached hydrogen (secondary N) is 1. The zero-order chi connectivity index (χ0) is 15.0. The van der Waals surface area contributed by atoms with Crippen LogP contribution in [0.3, 0.4) is 0 Å². The Kier molecular flexibility index (Phi) is 7.53. The zero-order valence-electron chi connectivity index (χ0n) is 14.6. The van der Waals surface area contributed by atoms with E-state index in [4.69, 9.17) is 0 Å². The molecule has 2 rings (SSSR count). The topological polar surface area (TPSA) is 15.3 Å². The van der Waals surface area contributed by atoms with Gasteiger partial charge in [-0.25, -0.2) is 0 Å². The first kappa shape index (κ1) is 17.3. The summed E-state index contributed by atoms with van der Waals surface area (Å²) < 4.78 is 0. The van der Waals surface area contributed by atoms with Crippen LogP contribution in [0.4, 0.5) is 0 Å². The number of hydrogen-bond donors (Lipinski definition) is 1. The molecule has 1 aliphatic carbocycles. The van der Waals surface area contributed by atoms with E-state index in [9.17, 15) is 0 Å². The predicted molar refractivity (Wildman–Crippen MR) is 92.8 cm³/mol. The summed E-state index contributed by atoms with van der Waals surface area (Å²) in [5, 5.41) is 3.80. The van der Waals surface area contributed by atoms with E-state index in [1.165, 1.54) is 96.9 Å². The van der Waals surface area contributed by atoms with E-state index in [0.29, 0.717) is 5.41 Å². The summed E-state index contributed by atoms with van der Waals surface area (Å²) >= 11 is 0. The van der Waals surface area contributed by atoms with Gasteiger partial charge in [-0.2, -0.15) is 0 Å². The third kappa shape index (κ3) is 6.28. The summed E-state index contributed by atoms with van der Waals surface area (Å²) in [5.74, 6) is 0.769. The summed E-state index contributed by atoms with van der Waals surface area (Å²) in [6, 6.07) is 0. The maximum absolute atomic E-state index is 3.80. The van der Waals surface area contributed by atoms with Gasteiger partial charge in [-0.1, -0.05) is 52.4 Å². The minimum absolute atomic E-state index is 0.565. The largest absolute Gasteiger partial charge is 0.316 e. The van der Waals surface area contributed by atoms with Crippen molar-refractivity contribution in [2.75, 3.05) is 32.7 Å². The van der Waals surface area contributed by atoms with Gasteiger partial charge in [-0.05, 0) is 56.7 Å². The van der Waals surface area contributed by atoms with Crippen LogP contribution >= 0.6 is 0 Å². The molecular weight excluding hydrogens is 256 g/mol. The molecule has 1 aliphatic heterocycles. The molecule has 0 spiro atoms. The van der Waals surface area contributed by atoms with E-state index >= 15 is 0 Å². The van der Waals surface area contributed by atoms with Crippen LogP contribution in [0.25, 0.3) is 0 Å². The molecule has 2 nitrogen and oxygen atoms in total. The first-order valence-corrected chi connectivity index (χ1v) is 9.63. The van der Waals surface area contributed by atoms with Crippen molar-refractivity contribution in [1.29, 1.82) is 0 Å². The molecule has 2 heteroatoms. The fourth-order valence-corrected chi connectivity index (χ4v) is 4.26. The minimum Gasteiger partial charge on any atom is -0.316 e. The van der Waals surface area contributed by atoms with Gasteiger partial charge in [-0.3, -0.25) is 0 Å². The normalized spacial score (nSPS) is 24.7. The zero-order valence-corrected chi connectivity index (χ0v) is 14.6. The van der Waals surface area contributed by atoms with Crippen molar-refractivity contribution in [3.63, 3.8) is 0 Å². The van der Waals surface area contributed by atoms with Gasteiger partial charge in [0, 0.05) is 13.1 Å². The van der Waals surface area contributed by atoms with Crippen LogP contribution in [0.15, 0.2) is 0 Å². The van der Waals surface area contributed by atoms with E-state index < -0.39 is 0 Å². The Morgan fingerprint density at radius 3 is 2.00 bits per heavy atom. The monoisotopic (exact) mass is 294 g/mol. The summed E-state index contributed by atoms with van der Waals surface area (Å²) in [6.45, 7) is 11.1. The Labute approximate surface area is 133 Å².